The van der Waals surface area contributed by atoms with E-state index in [4.69, 9.17) is 0 Å². The Bertz CT molecular complexity index is 1030. The average molecular weight is 403 g/mol. The smallest absolute Gasteiger partial charge is 0.344 e. The predicted molar refractivity (Wildman–Crippen MR) is 105 cm³/mol. The lowest BCUT2D eigenvalue weighted by Crippen LogP contribution is -2.20. The Morgan fingerprint density at radius 3 is 2.90 bits per heavy atom. The molecule has 0 radical (unpaired) electrons. The molecule has 0 fully saturated rings. The van der Waals surface area contributed by atoms with Crippen LogP contribution in [-0.2, 0) is 37.1 Å². The van der Waals surface area contributed by atoms with Gasteiger partial charge in [0.1, 0.15) is 18.5 Å². The number of nitrogens with zero attached hydrogens (tertiary/aromatic N) is 3. The monoisotopic (exact) mass is 403 g/mol. The van der Waals surface area contributed by atoms with Crippen LogP contribution in [0.15, 0.2) is 30.6 Å². The van der Waals surface area contributed by atoms with Crippen molar-refractivity contribution in [2.75, 3.05) is 0 Å². The lowest BCUT2D eigenvalue weighted by atomic mass is 10.0. The zero-order valence-electron chi connectivity index (χ0n) is 16.4. The van der Waals surface area contributed by atoms with E-state index in [0.717, 1.165) is 32.1 Å². The van der Waals surface area contributed by atoms with Gasteiger partial charge in [-0.2, -0.15) is 13.2 Å². The summed E-state index contributed by atoms with van der Waals surface area (Å²) in [6.07, 6.45) is 1.84. The van der Waals surface area contributed by atoms with Crippen LogP contribution in [0, 0.1) is 12.8 Å². The van der Waals surface area contributed by atoms with Crippen molar-refractivity contribution >= 4 is 17.2 Å². The molecule has 154 valence electrons. The Labute approximate surface area is 167 Å². The molecular formula is C22H24F3N3O. The SMILES string of the molecule is Cc1c(CCC(C=O)Cn2ccnc2CC(F)(F)F)n2c3c(cccc13)CCC2. The Hall–Kier alpha value is -2.57. The Balaban J connectivity index is 1.52. The summed E-state index contributed by atoms with van der Waals surface area (Å²) in [5.41, 5.74) is 5.15. The molecule has 0 saturated carbocycles. The van der Waals surface area contributed by atoms with Gasteiger partial charge in [0.15, 0.2) is 0 Å². The van der Waals surface area contributed by atoms with Gasteiger partial charge in [0, 0.05) is 42.5 Å². The lowest BCUT2D eigenvalue weighted by Gasteiger charge is -2.19. The second kappa shape index (κ2) is 7.69. The summed E-state index contributed by atoms with van der Waals surface area (Å²) >= 11 is 0. The van der Waals surface area contributed by atoms with Gasteiger partial charge in [0.2, 0.25) is 0 Å². The van der Waals surface area contributed by atoms with Gasteiger partial charge in [-0.15, -0.1) is 0 Å². The molecular weight excluding hydrogens is 379 g/mol. The summed E-state index contributed by atoms with van der Waals surface area (Å²) < 4.78 is 42.0. The van der Waals surface area contributed by atoms with E-state index in [0.29, 0.717) is 6.42 Å². The van der Waals surface area contributed by atoms with E-state index in [2.05, 4.69) is 34.7 Å². The maximum absolute atomic E-state index is 12.7. The molecule has 3 heterocycles. The number of carbonyl (C=O) groups excluding carboxylic acids is 1. The highest BCUT2D eigenvalue weighted by Gasteiger charge is 2.30. The number of imidazole rings is 1. The minimum Gasteiger partial charge on any atom is -0.344 e. The van der Waals surface area contributed by atoms with Crippen molar-refractivity contribution in [2.45, 2.75) is 58.3 Å². The standard InChI is InChI=1S/C22H24F3N3O/c1-15-18-6-2-4-17-5-3-10-28(21(17)18)19(15)8-7-16(14-29)13-27-11-9-26-20(27)12-22(23,24)25/h2,4,6,9,11,14,16H,3,5,7-8,10,12-13H2,1H3. The van der Waals surface area contributed by atoms with Crippen LogP contribution in [0.1, 0.15) is 35.5 Å². The molecule has 0 bridgehead atoms. The molecule has 1 atom stereocenters. The average Bonchev–Trinajstić information content (AvgIpc) is 3.22. The molecule has 7 heteroatoms. The van der Waals surface area contributed by atoms with Crippen molar-refractivity contribution in [1.82, 2.24) is 14.1 Å². The molecule has 2 aromatic heterocycles. The summed E-state index contributed by atoms with van der Waals surface area (Å²) in [5.74, 6) is -0.404. The van der Waals surface area contributed by atoms with Crippen LogP contribution in [0.2, 0.25) is 0 Å². The molecule has 0 N–H and O–H groups in total. The van der Waals surface area contributed by atoms with Gasteiger partial charge in [0.25, 0.3) is 0 Å². The number of halogens is 3. The van der Waals surface area contributed by atoms with E-state index in [-0.39, 0.29) is 18.3 Å². The first-order chi connectivity index (χ1) is 13.9. The molecule has 4 nitrogen and oxygen atoms in total. The normalized spacial score (nSPS) is 15.0. The second-order valence-electron chi connectivity index (χ2n) is 7.86. The molecule has 0 aliphatic carbocycles. The lowest BCUT2D eigenvalue weighted by molar-refractivity contribution is -0.129. The predicted octanol–water partition coefficient (Wildman–Crippen LogP) is 4.65. The largest absolute Gasteiger partial charge is 0.396 e. The number of hydrogen-bond donors (Lipinski definition) is 0. The van der Waals surface area contributed by atoms with Gasteiger partial charge < -0.3 is 13.9 Å². The maximum atomic E-state index is 12.7. The first-order valence-electron chi connectivity index (χ1n) is 9.99. The molecule has 0 amide bonds. The van der Waals surface area contributed by atoms with Crippen molar-refractivity contribution in [3.63, 3.8) is 0 Å². The first-order valence-corrected chi connectivity index (χ1v) is 9.99. The van der Waals surface area contributed by atoms with Crippen molar-refractivity contribution in [3.8, 4) is 0 Å². The van der Waals surface area contributed by atoms with Crippen molar-refractivity contribution in [1.29, 1.82) is 0 Å². The highest BCUT2D eigenvalue weighted by molar-refractivity contribution is 5.88. The molecule has 29 heavy (non-hydrogen) atoms. The van der Waals surface area contributed by atoms with Crippen LogP contribution in [0.5, 0.6) is 0 Å². The molecule has 1 aliphatic heterocycles. The van der Waals surface area contributed by atoms with E-state index in [1.165, 1.54) is 44.7 Å². The quantitative estimate of drug-likeness (QED) is 0.539. The summed E-state index contributed by atoms with van der Waals surface area (Å²) in [6.45, 7) is 3.32. The molecule has 1 aliphatic rings. The highest BCUT2D eigenvalue weighted by atomic mass is 19.4. The summed E-state index contributed by atoms with van der Waals surface area (Å²) in [5, 5.41) is 1.27. The Kier molecular flexibility index (Phi) is 5.23. The van der Waals surface area contributed by atoms with Gasteiger partial charge in [-0.05, 0) is 43.7 Å². The van der Waals surface area contributed by atoms with Gasteiger partial charge >= 0.3 is 6.18 Å². The van der Waals surface area contributed by atoms with E-state index >= 15 is 0 Å². The van der Waals surface area contributed by atoms with Crippen LogP contribution >= 0.6 is 0 Å². The molecule has 1 aromatic carbocycles. The second-order valence-corrected chi connectivity index (χ2v) is 7.86. The first kappa shape index (κ1) is 19.7. The molecule has 3 aromatic rings. The van der Waals surface area contributed by atoms with Crippen molar-refractivity contribution in [3.05, 3.63) is 53.2 Å². The minimum absolute atomic E-state index is 0.0475. The fraction of sp³-hybridized carbons (Fsp3) is 0.455. The number of aldehydes is 1. The van der Waals surface area contributed by atoms with Gasteiger partial charge in [-0.3, -0.25) is 0 Å². The number of rotatable bonds is 7. The van der Waals surface area contributed by atoms with E-state index in [9.17, 15) is 18.0 Å². The van der Waals surface area contributed by atoms with Gasteiger partial charge in [-0.1, -0.05) is 18.2 Å². The number of aryl methyl sites for hydroxylation is 3. The number of carbonyl (C=O) groups is 1. The molecule has 0 saturated heterocycles. The van der Waals surface area contributed by atoms with Crippen LogP contribution in [0.4, 0.5) is 13.2 Å². The summed E-state index contributed by atoms with van der Waals surface area (Å²) in [6, 6.07) is 6.42. The summed E-state index contributed by atoms with van der Waals surface area (Å²) in [4.78, 5) is 15.5. The zero-order valence-corrected chi connectivity index (χ0v) is 16.4. The van der Waals surface area contributed by atoms with Crippen LogP contribution in [0.25, 0.3) is 10.9 Å². The number of aromatic nitrogens is 3. The third-order valence-electron chi connectivity index (χ3n) is 5.92. The fourth-order valence-electron chi connectivity index (χ4n) is 4.53. The number of para-hydroxylation sites is 1. The van der Waals surface area contributed by atoms with E-state index < -0.39 is 12.6 Å². The third kappa shape index (κ3) is 3.95. The van der Waals surface area contributed by atoms with Crippen LogP contribution in [-0.4, -0.2) is 26.6 Å². The highest BCUT2D eigenvalue weighted by Crippen LogP contribution is 2.33. The van der Waals surface area contributed by atoms with Gasteiger partial charge in [0.05, 0.1) is 5.52 Å². The Morgan fingerprint density at radius 2 is 2.14 bits per heavy atom. The number of hydrogen-bond acceptors (Lipinski definition) is 2. The topological polar surface area (TPSA) is 39.8 Å². The maximum Gasteiger partial charge on any atom is 0.396 e. The minimum atomic E-state index is -4.32. The molecule has 4 rings (SSSR count). The number of alkyl halides is 3. The van der Waals surface area contributed by atoms with Gasteiger partial charge in [-0.25, -0.2) is 4.98 Å². The van der Waals surface area contributed by atoms with Crippen molar-refractivity contribution < 1.29 is 18.0 Å². The van der Waals surface area contributed by atoms with E-state index in [1.807, 2.05) is 0 Å². The summed E-state index contributed by atoms with van der Waals surface area (Å²) in [7, 11) is 0. The molecule has 1 unspecified atom stereocenters. The van der Waals surface area contributed by atoms with Crippen LogP contribution < -0.4 is 0 Å². The third-order valence-corrected chi connectivity index (χ3v) is 5.92. The van der Waals surface area contributed by atoms with Crippen molar-refractivity contribution in [2.24, 2.45) is 5.92 Å². The Morgan fingerprint density at radius 1 is 1.31 bits per heavy atom. The van der Waals surface area contributed by atoms with Crippen LogP contribution in [0.3, 0.4) is 0 Å². The zero-order chi connectivity index (χ0) is 20.6. The fourth-order valence-corrected chi connectivity index (χ4v) is 4.53. The molecule has 0 spiro atoms. The van der Waals surface area contributed by atoms with E-state index in [1.54, 1.807) is 0 Å². The number of benzene rings is 1.